The molecule has 8 nitrogen and oxygen atoms in total. The van der Waals surface area contributed by atoms with E-state index in [1.807, 2.05) is 64.1 Å². The van der Waals surface area contributed by atoms with Gasteiger partial charge in [-0.05, 0) is 67.1 Å². The van der Waals surface area contributed by atoms with Gasteiger partial charge >= 0.3 is 23.9 Å². The molecule has 6 rings (SSSR count). The Hall–Kier alpha value is -5.50. The summed E-state index contributed by atoms with van der Waals surface area (Å²) in [5.74, 6) is -6.55. The number of carboxylic acids is 4. The van der Waals surface area contributed by atoms with Crippen molar-refractivity contribution < 1.29 is 39.6 Å². The maximum Gasteiger partial charge on any atom is 0.337 e. The molecule has 0 aliphatic rings. The van der Waals surface area contributed by atoms with Crippen molar-refractivity contribution in [3.8, 4) is 11.1 Å². The highest BCUT2D eigenvalue weighted by atomic mass is 16.4. The van der Waals surface area contributed by atoms with E-state index in [9.17, 15) is 39.6 Å². The second kappa shape index (κ2) is 10.1. The minimum Gasteiger partial charge on any atom is -0.478 e. The number of rotatable bonds is 7. The minimum absolute atomic E-state index is 0.0109. The molecule has 220 valence electrons. The Labute approximate surface area is 251 Å². The molecule has 0 fully saturated rings. The number of fused-ring (bicyclic) bond motifs is 2. The maximum absolute atomic E-state index is 13.3. The first-order valence-corrected chi connectivity index (χ1v) is 14.2. The standard InChI is InChI=1S/C36H28O8/c1-15(2)18-10-7-12-19(24(18)16(3)4)23-14-22-20-11-5-8-17-9-6-13-21(25(17)20)26-27(22)29(28(23)33(37)38)31(35(41)42)32(36(43)44)30(26)34(39)40/h5-16H,1-4H3,(H,37,38)(H,39,40)(H,41,42)(H,43,44). The molecule has 6 aromatic rings. The predicted octanol–water partition coefficient (Wildman–Crippen LogP) is 8.44. The largest absolute Gasteiger partial charge is 0.478 e. The molecule has 0 unspecified atom stereocenters. The first-order chi connectivity index (χ1) is 20.9. The molecule has 0 radical (unpaired) electrons. The van der Waals surface area contributed by atoms with Crippen LogP contribution in [-0.2, 0) is 0 Å². The molecule has 6 aromatic carbocycles. The molecule has 4 N–H and O–H groups in total. The van der Waals surface area contributed by atoms with Gasteiger partial charge < -0.3 is 20.4 Å². The van der Waals surface area contributed by atoms with E-state index in [1.165, 1.54) is 0 Å². The Balaban J connectivity index is 2.07. The molecule has 0 heterocycles. The SMILES string of the molecule is CC(C)c1cccc(-c2cc3c4cccc5cccc(c6c(C(=O)O)c(C(=O)O)c(C(=O)O)c(c2C(=O)O)c36)c54)c1C(C)C. The molecule has 0 amide bonds. The highest BCUT2D eigenvalue weighted by Crippen LogP contribution is 2.49. The van der Waals surface area contributed by atoms with Gasteiger partial charge in [0.2, 0.25) is 0 Å². The van der Waals surface area contributed by atoms with Gasteiger partial charge in [0.25, 0.3) is 0 Å². The van der Waals surface area contributed by atoms with Crippen LogP contribution in [-0.4, -0.2) is 44.3 Å². The van der Waals surface area contributed by atoms with E-state index in [-0.39, 0.29) is 33.6 Å². The summed E-state index contributed by atoms with van der Waals surface area (Å²) in [6, 6.07) is 18.0. The van der Waals surface area contributed by atoms with Crippen LogP contribution >= 0.6 is 0 Å². The number of benzene rings is 6. The van der Waals surface area contributed by atoms with E-state index >= 15 is 0 Å². The Morgan fingerprint density at radius 3 is 1.59 bits per heavy atom. The molecule has 0 aromatic heterocycles. The summed E-state index contributed by atoms with van der Waals surface area (Å²) in [6.45, 7) is 8.06. The highest BCUT2D eigenvalue weighted by molar-refractivity contribution is 6.41. The fourth-order valence-corrected chi connectivity index (χ4v) is 6.99. The van der Waals surface area contributed by atoms with Gasteiger partial charge in [-0.1, -0.05) is 82.3 Å². The molecule has 44 heavy (non-hydrogen) atoms. The van der Waals surface area contributed by atoms with Gasteiger partial charge in [0, 0.05) is 16.2 Å². The van der Waals surface area contributed by atoms with Crippen molar-refractivity contribution >= 4 is 67.0 Å². The summed E-state index contributed by atoms with van der Waals surface area (Å²) < 4.78 is 0. The number of hydrogen-bond acceptors (Lipinski definition) is 4. The van der Waals surface area contributed by atoms with E-state index < -0.39 is 46.1 Å². The molecule has 8 heteroatoms. The van der Waals surface area contributed by atoms with Crippen LogP contribution in [0.2, 0.25) is 0 Å². The Morgan fingerprint density at radius 2 is 1.05 bits per heavy atom. The van der Waals surface area contributed by atoms with E-state index in [0.717, 1.165) is 16.5 Å². The van der Waals surface area contributed by atoms with Gasteiger partial charge in [0.1, 0.15) is 0 Å². The van der Waals surface area contributed by atoms with Crippen LogP contribution < -0.4 is 0 Å². The third-order valence-electron chi connectivity index (χ3n) is 8.53. The average molecular weight is 589 g/mol. The van der Waals surface area contributed by atoms with Crippen molar-refractivity contribution in [2.45, 2.75) is 39.5 Å². The lowest BCUT2D eigenvalue weighted by atomic mass is 9.77. The summed E-state index contributed by atoms with van der Waals surface area (Å²) >= 11 is 0. The second-order valence-electron chi connectivity index (χ2n) is 11.6. The van der Waals surface area contributed by atoms with Crippen molar-refractivity contribution in [2.75, 3.05) is 0 Å². The second-order valence-corrected chi connectivity index (χ2v) is 11.6. The average Bonchev–Trinajstić information content (AvgIpc) is 2.97. The third-order valence-corrected chi connectivity index (χ3v) is 8.53. The topological polar surface area (TPSA) is 149 Å². The van der Waals surface area contributed by atoms with E-state index in [4.69, 9.17) is 0 Å². The number of hydrogen-bond donors (Lipinski definition) is 4. The van der Waals surface area contributed by atoms with Gasteiger partial charge in [0.05, 0.1) is 22.3 Å². The van der Waals surface area contributed by atoms with Gasteiger partial charge in [-0.3, -0.25) is 0 Å². The molecule has 0 saturated heterocycles. The first-order valence-electron chi connectivity index (χ1n) is 14.2. The zero-order valence-electron chi connectivity index (χ0n) is 24.4. The smallest absolute Gasteiger partial charge is 0.337 e. The first kappa shape index (κ1) is 28.6. The van der Waals surface area contributed by atoms with Crippen LogP contribution in [0.5, 0.6) is 0 Å². The van der Waals surface area contributed by atoms with Crippen LogP contribution in [0.4, 0.5) is 0 Å². The molecule has 0 aliphatic carbocycles. The summed E-state index contributed by atoms with van der Waals surface area (Å²) in [7, 11) is 0. The number of aromatic carboxylic acids is 4. The minimum atomic E-state index is -1.78. The van der Waals surface area contributed by atoms with Crippen LogP contribution in [0.1, 0.15) is 92.1 Å². The normalized spacial score (nSPS) is 11.9. The van der Waals surface area contributed by atoms with Crippen molar-refractivity contribution in [3.63, 3.8) is 0 Å². The quantitative estimate of drug-likeness (QED) is 0.107. The van der Waals surface area contributed by atoms with Gasteiger partial charge in [-0.25, -0.2) is 19.2 Å². The van der Waals surface area contributed by atoms with E-state index in [0.29, 0.717) is 27.1 Å². The predicted molar refractivity (Wildman–Crippen MR) is 169 cm³/mol. The molecule has 0 spiro atoms. The zero-order chi connectivity index (χ0) is 31.8. The molecule has 0 bridgehead atoms. The summed E-state index contributed by atoms with van der Waals surface area (Å²) in [5.41, 5.74) is -0.206. The van der Waals surface area contributed by atoms with Crippen LogP contribution in [0.15, 0.2) is 60.7 Å². The maximum atomic E-state index is 13.3. The zero-order valence-corrected chi connectivity index (χ0v) is 24.4. The molecule has 0 aliphatic heterocycles. The molecular formula is C36H28O8. The van der Waals surface area contributed by atoms with Crippen molar-refractivity contribution in [2.24, 2.45) is 0 Å². The fraction of sp³-hybridized carbons (Fsp3) is 0.167. The Bertz CT molecular complexity index is 2230. The Morgan fingerprint density at radius 1 is 0.500 bits per heavy atom. The lowest BCUT2D eigenvalue weighted by Crippen LogP contribution is -2.18. The third kappa shape index (κ3) is 3.91. The van der Waals surface area contributed by atoms with Crippen LogP contribution in [0.3, 0.4) is 0 Å². The van der Waals surface area contributed by atoms with Crippen LogP contribution in [0, 0.1) is 0 Å². The lowest BCUT2D eigenvalue weighted by molar-refractivity contribution is 0.0635. The van der Waals surface area contributed by atoms with E-state index in [2.05, 4.69) is 0 Å². The summed E-state index contributed by atoms with van der Waals surface area (Å²) in [4.78, 5) is 51.9. The lowest BCUT2D eigenvalue weighted by Gasteiger charge is -2.25. The summed E-state index contributed by atoms with van der Waals surface area (Å²) in [6.07, 6.45) is 0. The number of carbonyl (C=O) groups is 4. The van der Waals surface area contributed by atoms with Gasteiger partial charge in [-0.15, -0.1) is 0 Å². The van der Waals surface area contributed by atoms with Crippen molar-refractivity contribution in [1.29, 1.82) is 0 Å². The van der Waals surface area contributed by atoms with Gasteiger partial charge in [0.15, 0.2) is 0 Å². The van der Waals surface area contributed by atoms with Crippen molar-refractivity contribution in [3.05, 3.63) is 94.0 Å². The Kier molecular flexibility index (Phi) is 6.54. The number of carboxylic acid groups (broad SMARTS) is 4. The van der Waals surface area contributed by atoms with Gasteiger partial charge in [-0.2, -0.15) is 0 Å². The van der Waals surface area contributed by atoms with E-state index in [1.54, 1.807) is 24.3 Å². The monoisotopic (exact) mass is 588 g/mol. The summed E-state index contributed by atoms with van der Waals surface area (Å²) in [5, 5.41) is 44.8. The fourth-order valence-electron chi connectivity index (χ4n) is 6.99. The highest BCUT2D eigenvalue weighted by Gasteiger charge is 2.35. The molecule has 0 saturated carbocycles. The van der Waals surface area contributed by atoms with Crippen LogP contribution in [0.25, 0.3) is 54.2 Å². The molecular weight excluding hydrogens is 560 g/mol. The van der Waals surface area contributed by atoms with Crippen molar-refractivity contribution in [1.82, 2.24) is 0 Å². The molecule has 0 atom stereocenters.